The monoisotopic (exact) mass is 549 g/mol. The first-order valence-electron chi connectivity index (χ1n) is 13.7. The Hall–Kier alpha value is -4.00. The number of nitrogens with one attached hydrogen (secondary N) is 1. The number of carbonyl (C=O) groups is 1. The summed E-state index contributed by atoms with van der Waals surface area (Å²) in [6.07, 6.45) is 8.29. The standard InChI is InChI=1S/C33H32ClN5O/c1-38-27(18-26-9-2-3-12-30(26)38)22-39(31-13-5-10-25-11-6-15-36-32(25)31)21-24-8-4-7-23(17-24)19-37-33(40)28-14-16-35-20-29(28)34/h2-4,6-9,11-12,14-18,20,31H,5,10,13,19,21-22H2,1H3,(H,37,40). The predicted octanol–water partition coefficient (Wildman–Crippen LogP) is 6.63. The van der Waals surface area contributed by atoms with E-state index >= 15 is 0 Å². The molecule has 0 aliphatic heterocycles. The number of para-hydroxylation sites is 1. The van der Waals surface area contributed by atoms with Gasteiger partial charge >= 0.3 is 0 Å². The van der Waals surface area contributed by atoms with E-state index < -0.39 is 0 Å². The SMILES string of the molecule is Cn1c(CN(Cc2cccc(CNC(=O)c3ccncc3Cl)c2)C2CCCc3cccnc32)cc2ccccc21. The number of carbonyl (C=O) groups excluding carboxylic acids is 1. The number of aryl methyl sites for hydroxylation is 2. The molecule has 3 heterocycles. The fourth-order valence-electron chi connectivity index (χ4n) is 5.83. The lowest BCUT2D eigenvalue weighted by Gasteiger charge is -2.35. The molecular formula is C33H32ClN5O. The maximum absolute atomic E-state index is 12.7. The summed E-state index contributed by atoms with van der Waals surface area (Å²) in [5.41, 5.74) is 7.75. The summed E-state index contributed by atoms with van der Waals surface area (Å²) in [6, 6.07) is 25.5. The van der Waals surface area contributed by atoms with Crippen LogP contribution in [-0.4, -0.2) is 25.3 Å². The van der Waals surface area contributed by atoms with Gasteiger partial charge in [0.05, 0.1) is 22.3 Å². The molecule has 202 valence electrons. The van der Waals surface area contributed by atoms with Crippen molar-refractivity contribution < 1.29 is 4.79 Å². The van der Waals surface area contributed by atoms with E-state index in [4.69, 9.17) is 16.6 Å². The summed E-state index contributed by atoms with van der Waals surface area (Å²) in [6.45, 7) is 2.01. The summed E-state index contributed by atoms with van der Waals surface area (Å²) in [4.78, 5) is 24.1. The summed E-state index contributed by atoms with van der Waals surface area (Å²) in [5, 5.41) is 4.60. The van der Waals surface area contributed by atoms with Gasteiger partial charge in [-0.15, -0.1) is 0 Å². The first-order valence-corrected chi connectivity index (χ1v) is 14.1. The number of amides is 1. The molecule has 7 heteroatoms. The minimum Gasteiger partial charge on any atom is -0.348 e. The molecule has 2 aromatic carbocycles. The van der Waals surface area contributed by atoms with E-state index in [1.54, 1.807) is 12.3 Å². The van der Waals surface area contributed by atoms with Crippen LogP contribution < -0.4 is 5.32 Å². The average molecular weight is 550 g/mol. The third-order valence-corrected chi connectivity index (χ3v) is 8.17. The predicted molar refractivity (Wildman–Crippen MR) is 159 cm³/mol. The summed E-state index contributed by atoms with van der Waals surface area (Å²) >= 11 is 6.16. The van der Waals surface area contributed by atoms with Crippen molar-refractivity contribution in [1.29, 1.82) is 0 Å². The molecule has 1 amide bonds. The van der Waals surface area contributed by atoms with Gasteiger partial charge in [0, 0.05) is 56.5 Å². The van der Waals surface area contributed by atoms with Crippen LogP contribution in [0.4, 0.5) is 0 Å². The van der Waals surface area contributed by atoms with E-state index in [0.717, 1.165) is 37.9 Å². The van der Waals surface area contributed by atoms with Crippen LogP contribution in [0, 0.1) is 0 Å². The highest BCUT2D eigenvalue weighted by Crippen LogP contribution is 2.35. The molecule has 0 radical (unpaired) electrons. The van der Waals surface area contributed by atoms with E-state index in [2.05, 4.69) is 81.4 Å². The zero-order chi connectivity index (χ0) is 27.5. The molecule has 0 saturated carbocycles. The van der Waals surface area contributed by atoms with Gasteiger partial charge in [-0.3, -0.25) is 19.7 Å². The largest absolute Gasteiger partial charge is 0.348 e. The lowest BCUT2D eigenvalue weighted by molar-refractivity contribution is 0.0951. The Kier molecular flexibility index (Phi) is 7.62. The van der Waals surface area contributed by atoms with E-state index in [0.29, 0.717) is 17.1 Å². The van der Waals surface area contributed by atoms with Gasteiger partial charge in [0.15, 0.2) is 0 Å². The van der Waals surface area contributed by atoms with Crippen molar-refractivity contribution in [2.75, 3.05) is 0 Å². The normalized spacial score (nSPS) is 14.8. The molecule has 40 heavy (non-hydrogen) atoms. The summed E-state index contributed by atoms with van der Waals surface area (Å²) in [7, 11) is 2.15. The van der Waals surface area contributed by atoms with Crippen molar-refractivity contribution in [2.24, 2.45) is 7.05 Å². The molecule has 1 N–H and O–H groups in total. The van der Waals surface area contributed by atoms with Gasteiger partial charge in [0.25, 0.3) is 5.91 Å². The Bertz CT molecular complexity index is 1660. The molecule has 1 aliphatic carbocycles. The number of aromatic nitrogens is 3. The smallest absolute Gasteiger partial charge is 0.253 e. The number of fused-ring (bicyclic) bond motifs is 2. The van der Waals surface area contributed by atoms with Crippen LogP contribution in [0.25, 0.3) is 10.9 Å². The van der Waals surface area contributed by atoms with Crippen LogP contribution in [0.3, 0.4) is 0 Å². The van der Waals surface area contributed by atoms with Gasteiger partial charge in [-0.2, -0.15) is 0 Å². The minimum absolute atomic E-state index is 0.208. The minimum atomic E-state index is -0.208. The van der Waals surface area contributed by atoms with Crippen LogP contribution in [0.1, 0.15) is 57.3 Å². The third kappa shape index (κ3) is 5.51. The molecule has 3 aromatic heterocycles. The van der Waals surface area contributed by atoms with Gasteiger partial charge in [-0.25, -0.2) is 0 Å². The molecule has 1 atom stereocenters. The van der Waals surface area contributed by atoms with Crippen LogP contribution >= 0.6 is 11.6 Å². The second kappa shape index (κ2) is 11.6. The zero-order valence-electron chi connectivity index (χ0n) is 22.6. The molecule has 0 fully saturated rings. The molecular weight excluding hydrogens is 518 g/mol. The van der Waals surface area contributed by atoms with Crippen LogP contribution in [0.15, 0.2) is 91.4 Å². The topological polar surface area (TPSA) is 63.0 Å². The molecule has 5 aromatic rings. The number of hydrogen-bond donors (Lipinski definition) is 1. The second-order valence-electron chi connectivity index (χ2n) is 10.5. The van der Waals surface area contributed by atoms with Crippen molar-refractivity contribution in [3.8, 4) is 0 Å². The van der Waals surface area contributed by atoms with Gasteiger partial charge in [-0.05, 0) is 65.6 Å². The van der Waals surface area contributed by atoms with Crippen LogP contribution in [0.5, 0.6) is 0 Å². The second-order valence-corrected chi connectivity index (χ2v) is 10.9. The Morgan fingerprint density at radius 1 is 1.02 bits per heavy atom. The fourth-order valence-corrected chi connectivity index (χ4v) is 6.04. The maximum atomic E-state index is 12.7. The Balaban J connectivity index is 1.26. The van der Waals surface area contributed by atoms with Crippen molar-refractivity contribution in [3.05, 3.63) is 130 Å². The van der Waals surface area contributed by atoms with E-state index in [9.17, 15) is 4.79 Å². The van der Waals surface area contributed by atoms with E-state index in [1.165, 1.54) is 39.6 Å². The highest BCUT2D eigenvalue weighted by molar-refractivity contribution is 6.33. The fraction of sp³-hybridized carbons (Fsp3) is 0.242. The number of nitrogens with zero attached hydrogens (tertiary/aromatic N) is 4. The molecule has 6 nitrogen and oxygen atoms in total. The summed E-state index contributed by atoms with van der Waals surface area (Å²) < 4.78 is 2.31. The Morgan fingerprint density at radius 3 is 2.77 bits per heavy atom. The number of halogens is 1. The van der Waals surface area contributed by atoms with Gasteiger partial charge in [0.1, 0.15) is 0 Å². The van der Waals surface area contributed by atoms with Crippen molar-refractivity contribution in [2.45, 2.75) is 44.9 Å². The first kappa shape index (κ1) is 26.2. The first-order chi connectivity index (χ1) is 19.6. The Morgan fingerprint density at radius 2 is 1.90 bits per heavy atom. The highest BCUT2D eigenvalue weighted by Gasteiger charge is 2.28. The van der Waals surface area contributed by atoms with Gasteiger partial charge in [0.2, 0.25) is 0 Å². The number of hydrogen-bond acceptors (Lipinski definition) is 4. The van der Waals surface area contributed by atoms with Crippen LogP contribution in [-0.2, 0) is 33.1 Å². The Labute approximate surface area is 239 Å². The maximum Gasteiger partial charge on any atom is 0.253 e. The quantitative estimate of drug-likeness (QED) is 0.236. The highest BCUT2D eigenvalue weighted by atomic mass is 35.5. The number of benzene rings is 2. The molecule has 6 rings (SSSR count). The number of rotatable bonds is 8. The molecule has 0 saturated heterocycles. The van der Waals surface area contributed by atoms with E-state index in [-0.39, 0.29) is 11.9 Å². The summed E-state index contributed by atoms with van der Waals surface area (Å²) in [5.74, 6) is -0.208. The van der Waals surface area contributed by atoms with Crippen molar-refractivity contribution in [1.82, 2.24) is 24.8 Å². The van der Waals surface area contributed by atoms with Crippen molar-refractivity contribution in [3.63, 3.8) is 0 Å². The van der Waals surface area contributed by atoms with Crippen LogP contribution in [0.2, 0.25) is 5.02 Å². The molecule has 1 aliphatic rings. The molecule has 0 spiro atoms. The lowest BCUT2D eigenvalue weighted by atomic mass is 9.90. The lowest BCUT2D eigenvalue weighted by Crippen LogP contribution is -2.32. The van der Waals surface area contributed by atoms with Gasteiger partial charge in [-0.1, -0.05) is 60.1 Å². The van der Waals surface area contributed by atoms with Crippen molar-refractivity contribution >= 4 is 28.4 Å². The zero-order valence-corrected chi connectivity index (χ0v) is 23.3. The third-order valence-electron chi connectivity index (χ3n) is 7.87. The van der Waals surface area contributed by atoms with Gasteiger partial charge < -0.3 is 9.88 Å². The van der Waals surface area contributed by atoms with E-state index in [1.807, 2.05) is 18.3 Å². The molecule has 1 unspecified atom stereocenters. The number of pyridine rings is 2. The average Bonchev–Trinajstić information content (AvgIpc) is 3.30. The molecule has 0 bridgehead atoms.